The molecule has 0 aromatic heterocycles. The van der Waals surface area contributed by atoms with Gasteiger partial charge in [0.05, 0.1) is 18.9 Å². The molecule has 0 bridgehead atoms. The van der Waals surface area contributed by atoms with Crippen LogP contribution in [0.1, 0.15) is 20.3 Å². The number of rotatable bonds is 3. The Morgan fingerprint density at radius 3 is 2.33 bits per heavy atom. The third kappa shape index (κ3) is 4.98. The predicted octanol–water partition coefficient (Wildman–Crippen LogP) is 2.14. The van der Waals surface area contributed by atoms with Crippen molar-refractivity contribution < 1.29 is 22.7 Å². The molecule has 1 atom stereocenters. The monoisotopic (exact) mass is 184 g/mol. The van der Waals surface area contributed by atoms with Crippen LogP contribution in [-0.2, 0) is 9.53 Å². The first-order chi connectivity index (χ1) is 5.37. The number of esters is 1. The molecule has 2 nitrogen and oxygen atoms in total. The number of hydrogen-bond acceptors (Lipinski definition) is 2. The van der Waals surface area contributed by atoms with Gasteiger partial charge in [-0.2, -0.15) is 13.2 Å². The summed E-state index contributed by atoms with van der Waals surface area (Å²) in [5.41, 5.74) is 0. The number of carbonyl (C=O) groups excluding carboxylic acids is 1. The molecule has 0 radical (unpaired) electrons. The molecule has 12 heavy (non-hydrogen) atoms. The van der Waals surface area contributed by atoms with E-state index in [1.165, 1.54) is 6.92 Å². The minimum atomic E-state index is -4.30. The highest BCUT2D eigenvalue weighted by Gasteiger charge is 2.33. The van der Waals surface area contributed by atoms with Crippen molar-refractivity contribution in [3.8, 4) is 0 Å². The fourth-order valence-corrected chi connectivity index (χ4v) is 0.715. The Bertz CT molecular complexity index is 153. The summed E-state index contributed by atoms with van der Waals surface area (Å²) in [7, 11) is 0. The third-order valence-electron chi connectivity index (χ3n) is 1.23. The van der Waals surface area contributed by atoms with Crippen LogP contribution in [0.15, 0.2) is 0 Å². The van der Waals surface area contributed by atoms with Crippen molar-refractivity contribution in [1.82, 2.24) is 0 Å². The van der Waals surface area contributed by atoms with Gasteiger partial charge in [0.2, 0.25) is 0 Å². The number of halogens is 3. The zero-order valence-corrected chi connectivity index (χ0v) is 6.94. The zero-order chi connectivity index (χ0) is 9.78. The molecular formula is C7H11F3O2. The highest BCUT2D eigenvalue weighted by atomic mass is 19.4. The van der Waals surface area contributed by atoms with Gasteiger partial charge in [0.25, 0.3) is 0 Å². The zero-order valence-electron chi connectivity index (χ0n) is 6.94. The van der Waals surface area contributed by atoms with Gasteiger partial charge in [-0.1, -0.05) is 6.92 Å². The maximum atomic E-state index is 11.7. The molecule has 0 spiro atoms. The van der Waals surface area contributed by atoms with Crippen molar-refractivity contribution >= 4 is 5.97 Å². The molecule has 0 unspecified atom stereocenters. The second-order valence-electron chi connectivity index (χ2n) is 2.47. The van der Waals surface area contributed by atoms with Gasteiger partial charge in [-0.3, -0.25) is 4.79 Å². The molecule has 0 heterocycles. The molecule has 0 rings (SSSR count). The van der Waals surface area contributed by atoms with Crippen LogP contribution in [0.5, 0.6) is 0 Å². The quantitative estimate of drug-likeness (QED) is 0.628. The van der Waals surface area contributed by atoms with E-state index in [1.54, 1.807) is 6.92 Å². The number of hydrogen-bond donors (Lipinski definition) is 0. The summed E-state index contributed by atoms with van der Waals surface area (Å²) in [4.78, 5) is 10.7. The Morgan fingerprint density at radius 1 is 1.50 bits per heavy atom. The first-order valence-electron chi connectivity index (χ1n) is 3.60. The highest BCUT2D eigenvalue weighted by Crippen LogP contribution is 2.24. The van der Waals surface area contributed by atoms with Crippen molar-refractivity contribution in [2.75, 3.05) is 6.61 Å². The summed E-state index contributed by atoms with van der Waals surface area (Å²) in [5.74, 6) is -1.90. The lowest BCUT2D eigenvalue weighted by Crippen LogP contribution is -2.21. The van der Waals surface area contributed by atoms with E-state index >= 15 is 0 Å². The van der Waals surface area contributed by atoms with Crippen LogP contribution in [0.3, 0.4) is 0 Å². The molecule has 0 aromatic carbocycles. The topological polar surface area (TPSA) is 26.3 Å². The summed E-state index contributed by atoms with van der Waals surface area (Å²) in [5, 5.41) is 0. The summed E-state index contributed by atoms with van der Waals surface area (Å²) < 4.78 is 39.5. The van der Waals surface area contributed by atoms with Crippen molar-refractivity contribution in [3.05, 3.63) is 0 Å². The van der Waals surface area contributed by atoms with Crippen LogP contribution in [0.25, 0.3) is 0 Å². The number of ether oxygens (including phenoxy) is 1. The molecule has 0 aliphatic rings. The lowest BCUT2D eigenvalue weighted by atomic mass is 10.1. The fraction of sp³-hybridized carbons (Fsp3) is 0.857. The van der Waals surface area contributed by atoms with Crippen LogP contribution in [0.4, 0.5) is 13.2 Å². The van der Waals surface area contributed by atoms with Crippen LogP contribution in [-0.4, -0.2) is 18.8 Å². The second-order valence-corrected chi connectivity index (χ2v) is 2.47. The normalized spacial score (nSPS) is 14.1. The van der Waals surface area contributed by atoms with E-state index in [2.05, 4.69) is 4.74 Å². The lowest BCUT2D eigenvalue weighted by molar-refractivity contribution is -0.166. The van der Waals surface area contributed by atoms with E-state index in [0.29, 0.717) is 0 Å². The van der Waals surface area contributed by atoms with Gasteiger partial charge in [0.15, 0.2) is 0 Å². The minimum Gasteiger partial charge on any atom is -0.466 e. The number of carbonyl (C=O) groups is 1. The van der Waals surface area contributed by atoms with E-state index < -0.39 is 24.5 Å². The van der Waals surface area contributed by atoms with Crippen LogP contribution in [0.2, 0.25) is 0 Å². The summed E-state index contributed by atoms with van der Waals surface area (Å²) in [6.07, 6.45) is -5.42. The first kappa shape index (κ1) is 11.3. The van der Waals surface area contributed by atoms with Crippen molar-refractivity contribution in [1.29, 1.82) is 0 Å². The lowest BCUT2D eigenvalue weighted by Gasteiger charge is -2.12. The summed E-state index contributed by atoms with van der Waals surface area (Å²) in [6.45, 7) is 2.87. The average Bonchev–Trinajstić information content (AvgIpc) is 1.84. The van der Waals surface area contributed by atoms with Crippen LogP contribution in [0, 0.1) is 5.92 Å². The van der Waals surface area contributed by atoms with Gasteiger partial charge < -0.3 is 4.74 Å². The van der Waals surface area contributed by atoms with Gasteiger partial charge in [-0.25, -0.2) is 0 Å². The van der Waals surface area contributed by atoms with Crippen LogP contribution < -0.4 is 0 Å². The summed E-state index contributed by atoms with van der Waals surface area (Å²) >= 11 is 0. The van der Waals surface area contributed by atoms with Gasteiger partial charge in [0, 0.05) is 0 Å². The van der Waals surface area contributed by atoms with Gasteiger partial charge >= 0.3 is 12.1 Å². The van der Waals surface area contributed by atoms with E-state index in [4.69, 9.17) is 0 Å². The van der Waals surface area contributed by atoms with E-state index in [0.717, 1.165) is 0 Å². The standard InChI is InChI=1S/C7H11F3O2/c1-3-12-6(11)5(2)4-7(8,9)10/h5H,3-4H2,1-2H3/t5-/m1/s1. The van der Waals surface area contributed by atoms with Crippen molar-refractivity contribution in [3.63, 3.8) is 0 Å². The molecule has 0 aliphatic carbocycles. The Hall–Kier alpha value is -0.740. The van der Waals surface area contributed by atoms with Crippen LogP contribution >= 0.6 is 0 Å². The summed E-state index contributed by atoms with van der Waals surface area (Å²) in [6, 6.07) is 0. The van der Waals surface area contributed by atoms with E-state index in [1.807, 2.05) is 0 Å². The highest BCUT2D eigenvalue weighted by molar-refractivity contribution is 5.71. The molecular weight excluding hydrogens is 173 g/mol. The molecule has 0 N–H and O–H groups in total. The molecule has 0 aromatic rings. The van der Waals surface area contributed by atoms with E-state index in [9.17, 15) is 18.0 Å². The Kier molecular flexibility index (Phi) is 4.06. The Morgan fingerprint density at radius 2 is 2.00 bits per heavy atom. The van der Waals surface area contributed by atoms with Crippen molar-refractivity contribution in [2.45, 2.75) is 26.4 Å². The van der Waals surface area contributed by atoms with Crippen molar-refractivity contribution in [2.24, 2.45) is 5.92 Å². The Balaban J connectivity index is 3.87. The smallest absolute Gasteiger partial charge is 0.389 e. The first-order valence-corrected chi connectivity index (χ1v) is 3.60. The second kappa shape index (κ2) is 4.33. The van der Waals surface area contributed by atoms with Gasteiger partial charge in [0.1, 0.15) is 0 Å². The molecule has 5 heteroatoms. The predicted molar refractivity (Wildman–Crippen MR) is 36.5 cm³/mol. The fourth-order valence-electron chi connectivity index (χ4n) is 0.715. The molecule has 0 aliphatic heterocycles. The molecule has 0 saturated carbocycles. The van der Waals surface area contributed by atoms with Gasteiger partial charge in [-0.05, 0) is 6.92 Å². The Labute approximate surface area is 68.7 Å². The largest absolute Gasteiger partial charge is 0.466 e. The van der Waals surface area contributed by atoms with Gasteiger partial charge in [-0.15, -0.1) is 0 Å². The maximum absolute atomic E-state index is 11.7. The minimum absolute atomic E-state index is 0.112. The molecule has 0 saturated heterocycles. The number of alkyl halides is 3. The van der Waals surface area contributed by atoms with E-state index in [-0.39, 0.29) is 6.61 Å². The third-order valence-corrected chi connectivity index (χ3v) is 1.23. The molecule has 0 amide bonds. The maximum Gasteiger partial charge on any atom is 0.389 e. The molecule has 0 fully saturated rings. The SMILES string of the molecule is CCOC(=O)[C@H](C)CC(F)(F)F. The molecule has 72 valence electrons. The average molecular weight is 184 g/mol.